The van der Waals surface area contributed by atoms with E-state index >= 15 is 0 Å². The molecule has 0 fully saturated rings. The average molecular weight is 405 g/mol. The Morgan fingerprint density at radius 1 is 1.00 bits per heavy atom. The van der Waals surface area contributed by atoms with Crippen LogP contribution >= 0.6 is 0 Å². The van der Waals surface area contributed by atoms with Crippen LogP contribution in [0.1, 0.15) is 22.1 Å². The molecule has 0 radical (unpaired) electrons. The second-order valence-corrected chi connectivity index (χ2v) is 6.62. The summed E-state index contributed by atoms with van der Waals surface area (Å²) in [7, 11) is 3.03. The molecule has 4 rings (SSSR count). The van der Waals surface area contributed by atoms with Crippen molar-refractivity contribution in [2.24, 2.45) is 0 Å². The Balaban J connectivity index is 1.94. The predicted molar refractivity (Wildman–Crippen MR) is 112 cm³/mol. The first-order valence-electron chi connectivity index (χ1n) is 9.19. The molecule has 1 heterocycles. The fourth-order valence-electron chi connectivity index (χ4n) is 3.59. The van der Waals surface area contributed by atoms with Crippen LogP contribution in [0.5, 0.6) is 11.5 Å². The Bertz CT molecular complexity index is 1130. The number of hydrogen-bond donors (Lipinski definition) is 1. The highest BCUT2D eigenvalue weighted by Gasteiger charge is 2.38. The number of methoxy groups -OCH3 is 2. The third-order valence-electron chi connectivity index (χ3n) is 5.00. The summed E-state index contributed by atoms with van der Waals surface area (Å²) in [5.74, 6) is 0.680. The maximum atomic E-state index is 13.5. The van der Waals surface area contributed by atoms with Crippen LogP contribution in [0.2, 0.25) is 0 Å². The molecule has 0 aromatic heterocycles. The molecule has 1 amide bonds. The van der Waals surface area contributed by atoms with Gasteiger partial charge in [0.25, 0.3) is 11.6 Å². The van der Waals surface area contributed by atoms with Crippen molar-refractivity contribution in [3.05, 3.63) is 88.0 Å². The first kappa shape index (κ1) is 19.3. The molecule has 1 N–H and O–H groups in total. The molecule has 0 saturated carbocycles. The molecule has 152 valence electrons. The van der Waals surface area contributed by atoms with Crippen molar-refractivity contribution in [1.29, 1.82) is 0 Å². The summed E-state index contributed by atoms with van der Waals surface area (Å²) < 4.78 is 10.8. The molecule has 30 heavy (non-hydrogen) atoms. The molecule has 1 unspecified atom stereocenters. The van der Waals surface area contributed by atoms with E-state index in [0.29, 0.717) is 34.0 Å². The van der Waals surface area contributed by atoms with E-state index in [1.54, 1.807) is 60.7 Å². The summed E-state index contributed by atoms with van der Waals surface area (Å²) in [4.78, 5) is 26.2. The van der Waals surface area contributed by atoms with Crippen LogP contribution in [-0.2, 0) is 0 Å². The van der Waals surface area contributed by atoms with Crippen LogP contribution in [-0.4, -0.2) is 25.1 Å². The highest BCUT2D eigenvalue weighted by molar-refractivity contribution is 6.12. The second kappa shape index (κ2) is 7.75. The minimum atomic E-state index is -0.809. The summed E-state index contributed by atoms with van der Waals surface area (Å²) >= 11 is 0. The van der Waals surface area contributed by atoms with Crippen LogP contribution in [0.25, 0.3) is 0 Å². The summed E-state index contributed by atoms with van der Waals surface area (Å²) in [6, 6.07) is 18.5. The quantitative estimate of drug-likeness (QED) is 0.500. The number of nitrogens with zero attached hydrogens (tertiary/aromatic N) is 2. The van der Waals surface area contributed by atoms with Gasteiger partial charge in [-0.05, 0) is 30.3 Å². The molecule has 0 saturated heterocycles. The molecule has 8 nitrogen and oxygen atoms in total. The molecule has 0 aliphatic carbocycles. The van der Waals surface area contributed by atoms with Crippen LogP contribution in [0.3, 0.4) is 0 Å². The summed E-state index contributed by atoms with van der Waals surface area (Å²) in [6.07, 6.45) is -0.809. The van der Waals surface area contributed by atoms with Crippen molar-refractivity contribution in [3.63, 3.8) is 0 Å². The monoisotopic (exact) mass is 405 g/mol. The Labute approximate surface area is 172 Å². The number of anilines is 2. The van der Waals surface area contributed by atoms with Crippen molar-refractivity contribution in [1.82, 2.24) is 0 Å². The fraction of sp³-hybridized carbons (Fsp3) is 0.136. The van der Waals surface area contributed by atoms with Gasteiger partial charge in [-0.25, -0.2) is 0 Å². The summed E-state index contributed by atoms with van der Waals surface area (Å²) in [5, 5.41) is 15.0. The highest BCUT2D eigenvalue weighted by atomic mass is 16.6. The molecule has 1 aliphatic heterocycles. The molecule has 3 aromatic rings. The molecule has 8 heteroatoms. The third-order valence-corrected chi connectivity index (χ3v) is 5.00. The van der Waals surface area contributed by atoms with Crippen LogP contribution < -0.4 is 19.7 Å². The summed E-state index contributed by atoms with van der Waals surface area (Å²) in [5.41, 5.74) is 1.82. The lowest BCUT2D eigenvalue weighted by Crippen LogP contribution is -2.43. The van der Waals surface area contributed by atoms with E-state index in [2.05, 4.69) is 5.32 Å². The molecule has 3 aromatic carbocycles. The normalized spacial score (nSPS) is 15.2. The van der Waals surface area contributed by atoms with Gasteiger partial charge in [0.2, 0.25) is 0 Å². The zero-order valence-corrected chi connectivity index (χ0v) is 16.4. The predicted octanol–water partition coefficient (Wildman–Crippen LogP) is 4.38. The van der Waals surface area contributed by atoms with Gasteiger partial charge in [0.05, 0.1) is 36.0 Å². The Kier molecular flexibility index (Phi) is 4.97. The number of benzene rings is 3. The zero-order chi connectivity index (χ0) is 21.3. The van der Waals surface area contributed by atoms with Gasteiger partial charge in [0, 0.05) is 17.8 Å². The third kappa shape index (κ3) is 3.18. The van der Waals surface area contributed by atoms with Gasteiger partial charge in [-0.2, -0.15) is 0 Å². The fourth-order valence-corrected chi connectivity index (χ4v) is 3.59. The van der Waals surface area contributed by atoms with Gasteiger partial charge in [0.15, 0.2) is 0 Å². The molecule has 0 spiro atoms. The van der Waals surface area contributed by atoms with Gasteiger partial charge >= 0.3 is 0 Å². The number of nitro groups is 1. The lowest BCUT2D eigenvalue weighted by molar-refractivity contribution is -0.385. The smallest absolute Gasteiger partial charge is 0.276 e. The van der Waals surface area contributed by atoms with E-state index in [1.165, 1.54) is 25.2 Å². The van der Waals surface area contributed by atoms with E-state index in [4.69, 9.17) is 9.47 Å². The maximum absolute atomic E-state index is 13.5. The van der Waals surface area contributed by atoms with Crippen molar-refractivity contribution >= 4 is 23.0 Å². The number of nitro benzene ring substituents is 1. The van der Waals surface area contributed by atoms with Crippen molar-refractivity contribution in [2.45, 2.75) is 6.17 Å². The van der Waals surface area contributed by atoms with E-state index in [9.17, 15) is 14.9 Å². The Morgan fingerprint density at radius 2 is 1.73 bits per heavy atom. The van der Waals surface area contributed by atoms with Crippen LogP contribution in [0, 0.1) is 10.1 Å². The number of rotatable bonds is 5. The number of amides is 1. The molecule has 0 bridgehead atoms. The lowest BCUT2D eigenvalue weighted by Gasteiger charge is -2.38. The van der Waals surface area contributed by atoms with Crippen molar-refractivity contribution in [3.8, 4) is 11.5 Å². The van der Waals surface area contributed by atoms with E-state index in [0.717, 1.165) is 0 Å². The number of hydrogen-bond acceptors (Lipinski definition) is 6. The Morgan fingerprint density at radius 3 is 2.47 bits per heavy atom. The second-order valence-electron chi connectivity index (χ2n) is 6.62. The SMILES string of the molecule is COc1ccc(N2C(=O)c3ccccc3NC2c2ccccc2[N+](=O)[O-])c(OC)c1. The largest absolute Gasteiger partial charge is 0.497 e. The maximum Gasteiger partial charge on any atom is 0.276 e. The first-order valence-corrected chi connectivity index (χ1v) is 9.19. The molecular formula is C22H19N3O5. The number of para-hydroxylation sites is 2. The van der Waals surface area contributed by atoms with E-state index in [1.807, 2.05) is 0 Å². The van der Waals surface area contributed by atoms with E-state index < -0.39 is 11.1 Å². The van der Waals surface area contributed by atoms with Gasteiger partial charge in [-0.1, -0.05) is 24.3 Å². The van der Waals surface area contributed by atoms with E-state index in [-0.39, 0.29) is 11.6 Å². The standard InChI is InChI=1S/C22H19N3O5/c1-29-14-11-12-19(20(13-14)30-2)24-21(16-8-4-6-10-18(16)25(27)28)23-17-9-5-3-7-15(17)22(24)26/h3-13,21,23H,1-2H3. The highest BCUT2D eigenvalue weighted by Crippen LogP contribution is 2.43. The number of carbonyl (C=O) groups excluding carboxylic acids is 1. The molecule has 1 atom stereocenters. The van der Waals surface area contributed by atoms with Gasteiger partial charge in [0.1, 0.15) is 17.7 Å². The van der Waals surface area contributed by atoms with Gasteiger partial charge in [-0.3, -0.25) is 19.8 Å². The molecule has 1 aliphatic rings. The Hall–Kier alpha value is -4.07. The number of carbonyl (C=O) groups is 1. The molecular weight excluding hydrogens is 386 g/mol. The average Bonchev–Trinajstić information content (AvgIpc) is 2.78. The topological polar surface area (TPSA) is 93.9 Å². The zero-order valence-electron chi connectivity index (χ0n) is 16.4. The van der Waals surface area contributed by atoms with Gasteiger partial charge in [-0.15, -0.1) is 0 Å². The number of ether oxygens (including phenoxy) is 2. The lowest BCUT2D eigenvalue weighted by atomic mass is 10.0. The minimum absolute atomic E-state index is 0.0836. The summed E-state index contributed by atoms with van der Waals surface area (Å²) in [6.45, 7) is 0. The van der Waals surface area contributed by atoms with Crippen LogP contribution in [0.15, 0.2) is 66.7 Å². The van der Waals surface area contributed by atoms with Crippen molar-refractivity contribution in [2.75, 3.05) is 24.4 Å². The number of nitrogens with one attached hydrogen (secondary N) is 1. The van der Waals surface area contributed by atoms with Gasteiger partial charge < -0.3 is 14.8 Å². The first-order chi connectivity index (χ1) is 14.5. The van der Waals surface area contributed by atoms with Crippen LogP contribution in [0.4, 0.5) is 17.1 Å². The number of fused-ring (bicyclic) bond motifs is 1. The van der Waals surface area contributed by atoms with Crippen molar-refractivity contribution < 1.29 is 19.2 Å². The minimum Gasteiger partial charge on any atom is -0.497 e.